The number of carbonyl (C=O) groups is 1. The van der Waals surface area contributed by atoms with Gasteiger partial charge in [-0.1, -0.05) is 0 Å². The summed E-state index contributed by atoms with van der Waals surface area (Å²) in [5, 5.41) is 10.6. The van der Waals surface area contributed by atoms with Crippen molar-refractivity contribution in [1.29, 1.82) is 0 Å². The van der Waals surface area contributed by atoms with E-state index in [-0.39, 0.29) is 5.92 Å². The van der Waals surface area contributed by atoms with Crippen LogP contribution >= 0.6 is 0 Å². The van der Waals surface area contributed by atoms with Gasteiger partial charge in [0.1, 0.15) is 11.9 Å². The van der Waals surface area contributed by atoms with E-state index in [1.165, 1.54) is 5.56 Å². The lowest BCUT2D eigenvalue weighted by atomic mass is 9.81. The van der Waals surface area contributed by atoms with E-state index in [1.54, 1.807) is 19.4 Å². The SMILES string of the molecule is COc1ccc2nccc([C@@H](F)CC[C@@H]3CCN(CCCCc4ccn(C)c4)C[C@@H]3C(=O)O)c2c1. The van der Waals surface area contributed by atoms with E-state index in [2.05, 4.69) is 32.9 Å². The lowest BCUT2D eigenvalue weighted by molar-refractivity contribution is -0.146. The number of carboxylic acid groups (broad SMARTS) is 1. The number of carboxylic acids is 1. The summed E-state index contributed by atoms with van der Waals surface area (Å²) in [7, 11) is 3.62. The number of piperidine rings is 1. The fraction of sp³-hybridized carbons (Fsp3) is 0.500. The molecule has 1 N–H and O–H groups in total. The first-order valence-corrected chi connectivity index (χ1v) is 12.6. The molecule has 0 radical (unpaired) electrons. The number of fused-ring (bicyclic) bond motifs is 1. The van der Waals surface area contributed by atoms with E-state index in [9.17, 15) is 9.90 Å². The molecular weight excluding hydrogens is 445 g/mol. The summed E-state index contributed by atoms with van der Waals surface area (Å²) in [6.45, 7) is 2.35. The molecule has 0 aliphatic carbocycles. The highest BCUT2D eigenvalue weighted by Crippen LogP contribution is 2.35. The van der Waals surface area contributed by atoms with Crippen LogP contribution in [0.2, 0.25) is 0 Å². The number of ether oxygens (including phenoxy) is 1. The maximum atomic E-state index is 15.4. The first kappa shape index (κ1) is 25.2. The molecule has 0 unspecified atom stereocenters. The van der Waals surface area contributed by atoms with Crippen molar-refractivity contribution >= 4 is 16.9 Å². The van der Waals surface area contributed by atoms with Crippen LogP contribution in [0.1, 0.15) is 49.4 Å². The normalized spacial score (nSPS) is 19.6. The Hall–Kier alpha value is -2.93. The Labute approximate surface area is 206 Å². The molecule has 35 heavy (non-hydrogen) atoms. The zero-order valence-corrected chi connectivity index (χ0v) is 20.7. The van der Waals surface area contributed by atoms with E-state index < -0.39 is 18.1 Å². The standard InChI is InChI=1S/C28H36FN3O3/c1-31-15-11-20(18-31)5-3-4-14-32-16-12-21(25(19-32)28(33)34)6-8-26(29)23-10-13-30-27-9-7-22(35-2)17-24(23)27/h7,9-11,13,15,17-18,21,25-26H,3-6,8,12,14,16,19H2,1-2H3,(H,33,34)/t21-,25+,26+/m1/s1. The molecule has 4 rings (SSSR count). The van der Waals surface area contributed by atoms with Crippen LogP contribution in [0.25, 0.3) is 10.9 Å². The molecule has 3 heterocycles. The third-order valence-electron chi connectivity index (χ3n) is 7.35. The predicted octanol–water partition coefficient (Wildman–Crippen LogP) is 5.42. The number of hydrogen-bond donors (Lipinski definition) is 1. The number of benzene rings is 1. The van der Waals surface area contributed by atoms with Crippen molar-refractivity contribution in [3.63, 3.8) is 0 Å². The molecule has 188 valence electrons. The van der Waals surface area contributed by atoms with Gasteiger partial charge in [0.2, 0.25) is 0 Å². The fourth-order valence-corrected chi connectivity index (χ4v) is 5.33. The number of aryl methyl sites for hydroxylation is 2. The minimum absolute atomic E-state index is 0.00560. The summed E-state index contributed by atoms with van der Waals surface area (Å²) in [5.74, 6) is -0.548. The number of halogens is 1. The largest absolute Gasteiger partial charge is 0.497 e. The number of pyridine rings is 1. The van der Waals surface area contributed by atoms with Gasteiger partial charge in [0.25, 0.3) is 0 Å². The van der Waals surface area contributed by atoms with Crippen molar-refractivity contribution < 1.29 is 19.0 Å². The van der Waals surface area contributed by atoms with Crippen LogP contribution in [0.15, 0.2) is 48.9 Å². The van der Waals surface area contributed by atoms with Crippen molar-refractivity contribution in [3.8, 4) is 5.75 Å². The quantitative estimate of drug-likeness (QED) is 0.371. The lowest BCUT2D eigenvalue weighted by Crippen LogP contribution is -2.44. The third kappa shape index (κ3) is 6.40. The Morgan fingerprint density at radius 2 is 2.14 bits per heavy atom. The topological polar surface area (TPSA) is 67.6 Å². The molecule has 6 nitrogen and oxygen atoms in total. The third-order valence-corrected chi connectivity index (χ3v) is 7.35. The molecule has 0 bridgehead atoms. The summed E-state index contributed by atoms with van der Waals surface area (Å²) in [4.78, 5) is 18.7. The van der Waals surface area contributed by atoms with E-state index in [0.29, 0.717) is 30.7 Å². The molecule has 0 saturated carbocycles. The number of aliphatic carboxylic acids is 1. The highest BCUT2D eigenvalue weighted by molar-refractivity contribution is 5.83. The highest BCUT2D eigenvalue weighted by Gasteiger charge is 2.34. The first-order chi connectivity index (χ1) is 16.9. The van der Waals surface area contributed by atoms with Gasteiger partial charge in [-0.05, 0) is 99.0 Å². The summed E-state index contributed by atoms with van der Waals surface area (Å²) >= 11 is 0. The number of likely N-dealkylation sites (tertiary alicyclic amines) is 1. The lowest BCUT2D eigenvalue weighted by Gasteiger charge is -2.37. The number of rotatable bonds is 11. The maximum absolute atomic E-state index is 15.4. The van der Waals surface area contributed by atoms with Crippen molar-refractivity contribution in [2.45, 2.75) is 44.7 Å². The summed E-state index contributed by atoms with van der Waals surface area (Å²) in [5.41, 5.74) is 2.67. The molecule has 1 aliphatic heterocycles. The Balaban J connectivity index is 1.30. The molecule has 3 atom stereocenters. The van der Waals surface area contributed by atoms with E-state index >= 15 is 4.39 Å². The Morgan fingerprint density at radius 1 is 1.29 bits per heavy atom. The van der Waals surface area contributed by atoms with Crippen LogP contribution in [0.3, 0.4) is 0 Å². The minimum atomic E-state index is -1.17. The predicted molar refractivity (Wildman–Crippen MR) is 135 cm³/mol. The van der Waals surface area contributed by atoms with Crippen molar-refractivity contribution in [2.24, 2.45) is 18.9 Å². The van der Waals surface area contributed by atoms with Gasteiger partial charge in [-0.15, -0.1) is 0 Å². The monoisotopic (exact) mass is 481 g/mol. The number of nitrogens with zero attached hydrogens (tertiary/aromatic N) is 3. The van der Waals surface area contributed by atoms with Crippen LogP contribution in [0.5, 0.6) is 5.75 Å². The average Bonchev–Trinajstić information content (AvgIpc) is 3.29. The van der Waals surface area contributed by atoms with Gasteiger partial charge in [0.05, 0.1) is 18.5 Å². The van der Waals surface area contributed by atoms with Gasteiger partial charge >= 0.3 is 5.97 Å². The van der Waals surface area contributed by atoms with E-state index in [4.69, 9.17) is 4.74 Å². The Bertz CT molecular complexity index is 1130. The second-order valence-electron chi connectivity index (χ2n) is 9.76. The smallest absolute Gasteiger partial charge is 0.308 e. The van der Waals surface area contributed by atoms with Gasteiger partial charge in [0.15, 0.2) is 0 Å². The van der Waals surface area contributed by atoms with Crippen LogP contribution in [-0.4, -0.2) is 52.3 Å². The number of aromatic nitrogens is 2. The number of hydrogen-bond acceptors (Lipinski definition) is 4. The maximum Gasteiger partial charge on any atom is 0.308 e. The second-order valence-corrected chi connectivity index (χ2v) is 9.76. The number of alkyl halides is 1. The number of unbranched alkanes of at least 4 members (excludes halogenated alkanes) is 1. The van der Waals surface area contributed by atoms with Crippen LogP contribution < -0.4 is 4.74 Å². The zero-order chi connectivity index (χ0) is 24.8. The van der Waals surface area contributed by atoms with Crippen molar-refractivity contribution in [2.75, 3.05) is 26.7 Å². The molecule has 3 aromatic rings. The molecule has 0 spiro atoms. The molecular formula is C28H36FN3O3. The van der Waals surface area contributed by atoms with Crippen LogP contribution in [0, 0.1) is 11.8 Å². The number of methoxy groups -OCH3 is 1. The molecule has 1 aliphatic rings. The molecule has 1 aromatic carbocycles. The molecule has 0 amide bonds. The van der Waals surface area contributed by atoms with E-state index in [1.807, 2.05) is 25.2 Å². The van der Waals surface area contributed by atoms with Crippen LogP contribution in [-0.2, 0) is 18.3 Å². The van der Waals surface area contributed by atoms with Gasteiger partial charge in [-0.2, -0.15) is 0 Å². The van der Waals surface area contributed by atoms with Gasteiger partial charge < -0.3 is 19.3 Å². The van der Waals surface area contributed by atoms with Crippen molar-refractivity contribution in [1.82, 2.24) is 14.5 Å². The Kier molecular flexibility index (Phi) is 8.39. The van der Waals surface area contributed by atoms with Gasteiger partial charge in [0, 0.05) is 37.6 Å². The zero-order valence-electron chi connectivity index (χ0n) is 20.7. The van der Waals surface area contributed by atoms with E-state index in [0.717, 1.165) is 49.7 Å². The van der Waals surface area contributed by atoms with Crippen LogP contribution in [0.4, 0.5) is 4.39 Å². The molecule has 2 aromatic heterocycles. The molecule has 1 saturated heterocycles. The second kappa shape index (κ2) is 11.7. The van der Waals surface area contributed by atoms with Gasteiger partial charge in [-0.25, -0.2) is 4.39 Å². The summed E-state index contributed by atoms with van der Waals surface area (Å²) < 4.78 is 22.7. The fourth-order valence-electron chi connectivity index (χ4n) is 5.33. The average molecular weight is 482 g/mol. The minimum Gasteiger partial charge on any atom is -0.497 e. The summed E-state index contributed by atoms with van der Waals surface area (Å²) in [6, 6.07) is 9.34. The van der Waals surface area contributed by atoms with Gasteiger partial charge in [-0.3, -0.25) is 9.78 Å². The first-order valence-electron chi connectivity index (χ1n) is 12.6. The molecule has 1 fully saturated rings. The van der Waals surface area contributed by atoms with Crippen molar-refractivity contribution in [3.05, 3.63) is 60.0 Å². The molecule has 7 heteroatoms. The summed E-state index contributed by atoms with van der Waals surface area (Å²) in [6.07, 6.45) is 9.54. The Morgan fingerprint density at radius 3 is 2.89 bits per heavy atom. The highest BCUT2D eigenvalue weighted by atomic mass is 19.1.